The largest absolute Gasteiger partial charge is 0.491 e. The maximum atomic E-state index is 13.1. The Morgan fingerprint density at radius 2 is 2.00 bits per heavy atom. The van der Waals surface area contributed by atoms with Gasteiger partial charge < -0.3 is 20.5 Å². The SMILES string of the molecule is O=C(NCC(O)COc1cccc(F)c1)Nc1cccc(CSc2ccccn2)c1. The molecule has 0 saturated heterocycles. The molecule has 6 nitrogen and oxygen atoms in total. The molecule has 0 aliphatic heterocycles. The van der Waals surface area contributed by atoms with Gasteiger partial charge in [-0.15, -0.1) is 11.8 Å². The molecule has 3 aromatic rings. The van der Waals surface area contributed by atoms with Gasteiger partial charge in [-0.05, 0) is 42.0 Å². The van der Waals surface area contributed by atoms with Crippen LogP contribution in [0.15, 0.2) is 78.0 Å². The van der Waals surface area contributed by atoms with E-state index in [1.165, 1.54) is 18.2 Å². The van der Waals surface area contributed by atoms with Crippen LogP contribution in [0.1, 0.15) is 5.56 Å². The summed E-state index contributed by atoms with van der Waals surface area (Å²) in [6, 6.07) is 18.5. The first-order valence-electron chi connectivity index (χ1n) is 9.32. The minimum atomic E-state index is -0.930. The number of hydrogen-bond acceptors (Lipinski definition) is 5. The number of carbonyl (C=O) groups excluding carboxylic acids is 1. The van der Waals surface area contributed by atoms with Gasteiger partial charge in [-0.1, -0.05) is 24.3 Å². The second-order valence-corrected chi connectivity index (χ2v) is 7.41. The predicted molar refractivity (Wildman–Crippen MR) is 115 cm³/mol. The van der Waals surface area contributed by atoms with Crippen LogP contribution in [0.5, 0.6) is 5.75 Å². The van der Waals surface area contributed by atoms with E-state index in [9.17, 15) is 14.3 Å². The van der Waals surface area contributed by atoms with Crippen molar-refractivity contribution in [3.8, 4) is 5.75 Å². The first kappa shape index (κ1) is 21.6. The fourth-order valence-corrected chi connectivity index (χ4v) is 3.33. The zero-order valence-electron chi connectivity index (χ0n) is 16.1. The summed E-state index contributed by atoms with van der Waals surface area (Å²) < 4.78 is 18.4. The standard InChI is InChI=1S/C22H22FN3O3S/c23-17-6-4-8-20(12-17)29-14-19(27)13-25-22(28)26-18-7-3-5-16(11-18)15-30-21-9-1-2-10-24-21/h1-12,19,27H,13-15H2,(H2,25,26,28). The van der Waals surface area contributed by atoms with Gasteiger partial charge in [-0.3, -0.25) is 0 Å². The van der Waals surface area contributed by atoms with Crippen LogP contribution in [-0.2, 0) is 5.75 Å². The van der Waals surface area contributed by atoms with Crippen molar-refractivity contribution in [3.63, 3.8) is 0 Å². The van der Waals surface area contributed by atoms with Gasteiger partial charge in [0.2, 0.25) is 0 Å². The van der Waals surface area contributed by atoms with E-state index in [4.69, 9.17) is 4.74 Å². The number of rotatable bonds is 9. The van der Waals surface area contributed by atoms with E-state index in [1.54, 1.807) is 30.1 Å². The molecule has 0 fully saturated rings. The lowest BCUT2D eigenvalue weighted by Crippen LogP contribution is -2.37. The van der Waals surface area contributed by atoms with Crippen LogP contribution in [0.2, 0.25) is 0 Å². The summed E-state index contributed by atoms with van der Waals surface area (Å²) in [5.74, 6) is 0.628. The number of carbonyl (C=O) groups is 1. The number of aromatic nitrogens is 1. The van der Waals surface area contributed by atoms with Gasteiger partial charge in [0.15, 0.2) is 0 Å². The fraction of sp³-hybridized carbons (Fsp3) is 0.182. The molecule has 1 unspecified atom stereocenters. The van der Waals surface area contributed by atoms with Crippen LogP contribution in [0.3, 0.4) is 0 Å². The van der Waals surface area contributed by atoms with Crippen LogP contribution in [0.25, 0.3) is 0 Å². The number of anilines is 1. The highest BCUT2D eigenvalue weighted by Gasteiger charge is 2.09. The van der Waals surface area contributed by atoms with Gasteiger partial charge in [0.25, 0.3) is 0 Å². The number of nitrogens with zero attached hydrogens (tertiary/aromatic N) is 1. The number of benzene rings is 2. The molecule has 8 heteroatoms. The van der Waals surface area contributed by atoms with E-state index in [0.29, 0.717) is 11.4 Å². The molecule has 3 rings (SSSR count). The second kappa shape index (κ2) is 11.2. The zero-order chi connectivity index (χ0) is 21.2. The molecule has 0 saturated carbocycles. The van der Waals surface area contributed by atoms with E-state index in [-0.39, 0.29) is 13.2 Å². The third-order valence-electron chi connectivity index (χ3n) is 3.95. The van der Waals surface area contributed by atoms with Crippen LogP contribution in [0.4, 0.5) is 14.9 Å². The highest BCUT2D eigenvalue weighted by molar-refractivity contribution is 7.98. The highest BCUT2D eigenvalue weighted by atomic mass is 32.2. The third-order valence-corrected chi connectivity index (χ3v) is 4.96. The van der Waals surface area contributed by atoms with Crippen molar-refractivity contribution in [2.75, 3.05) is 18.5 Å². The van der Waals surface area contributed by atoms with Gasteiger partial charge in [0.05, 0.1) is 5.03 Å². The Morgan fingerprint density at radius 3 is 2.80 bits per heavy atom. The Labute approximate surface area is 178 Å². The lowest BCUT2D eigenvalue weighted by atomic mass is 10.2. The van der Waals surface area contributed by atoms with Crippen molar-refractivity contribution in [3.05, 3.63) is 84.3 Å². The van der Waals surface area contributed by atoms with Crippen LogP contribution >= 0.6 is 11.8 Å². The molecule has 0 aliphatic rings. The van der Waals surface area contributed by atoms with E-state index >= 15 is 0 Å². The van der Waals surface area contributed by atoms with Crippen molar-refractivity contribution in [2.24, 2.45) is 0 Å². The molecule has 156 valence electrons. The fourth-order valence-electron chi connectivity index (χ4n) is 2.52. The average Bonchev–Trinajstić information content (AvgIpc) is 2.76. The Bertz CT molecular complexity index is 959. The average molecular weight is 428 g/mol. The first-order chi connectivity index (χ1) is 14.6. The lowest BCUT2D eigenvalue weighted by Gasteiger charge is -2.14. The van der Waals surface area contributed by atoms with Crippen molar-refractivity contribution >= 4 is 23.5 Å². The Kier molecular flexibility index (Phi) is 8.05. The van der Waals surface area contributed by atoms with Crippen molar-refractivity contribution in [1.82, 2.24) is 10.3 Å². The summed E-state index contributed by atoms with van der Waals surface area (Å²) in [5.41, 5.74) is 1.70. The zero-order valence-corrected chi connectivity index (χ0v) is 16.9. The maximum Gasteiger partial charge on any atom is 0.319 e. The quantitative estimate of drug-likeness (QED) is 0.448. The van der Waals surface area contributed by atoms with Crippen molar-refractivity contribution in [2.45, 2.75) is 16.9 Å². The summed E-state index contributed by atoms with van der Waals surface area (Å²) in [6.07, 6.45) is 0.822. The molecule has 30 heavy (non-hydrogen) atoms. The molecule has 1 aromatic heterocycles. The summed E-state index contributed by atoms with van der Waals surface area (Å²) in [7, 11) is 0. The Morgan fingerprint density at radius 1 is 1.13 bits per heavy atom. The molecule has 3 N–H and O–H groups in total. The number of amides is 2. The van der Waals surface area contributed by atoms with Gasteiger partial charge in [0.1, 0.15) is 24.3 Å². The molecular formula is C22H22FN3O3S. The molecule has 1 heterocycles. The van der Waals surface area contributed by atoms with Gasteiger partial charge in [-0.25, -0.2) is 14.2 Å². The lowest BCUT2D eigenvalue weighted by molar-refractivity contribution is 0.108. The Balaban J connectivity index is 1.40. The minimum Gasteiger partial charge on any atom is -0.491 e. The van der Waals surface area contributed by atoms with E-state index in [1.807, 2.05) is 36.4 Å². The predicted octanol–water partition coefficient (Wildman–Crippen LogP) is 4.07. The number of aliphatic hydroxyl groups is 1. The van der Waals surface area contributed by atoms with Gasteiger partial charge in [-0.2, -0.15) is 0 Å². The molecule has 0 aliphatic carbocycles. The number of halogens is 1. The number of urea groups is 1. The number of nitrogens with one attached hydrogen (secondary N) is 2. The molecule has 2 amide bonds. The number of hydrogen-bond donors (Lipinski definition) is 3. The van der Waals surface area contributed by atoms with Crippen LogP contribution < -0.4 is 15.4 Å². The molecule has 2 aromatic carbocycles. The van der Waals surface area contributed by atoms with Crippen molar-refractivity contribution < 1.29 is 19.0 Å². The number of ether oxygens (including phenoxy) is 1. The summed E-state index contributed by atoms with van der Waals surface area (Å²) >= 11 is 1.61. The van der Waals surface area contributed by atoms with Crippen LogP contribution in [0, 0.1) is 5.82 Å². The topological polar surface area (TPSA) is 83.5 Å². The maximum absolute atomic E-state index is 13.1. The smallest absolute Gasteiger partial charge is 0.319 e. The van der Waals surface area contributed by atoms with E-state index < -0.39 is 18.0 Å². The van der Waals surface area contributed by atoms with E-state index in [2.05, 4.69) is 15.6 Å². The third kappa shape index (κ3) is 7.38. The minimum absolute atomic E-state index is 0.00360. The monoisotopic (exact) mass is 427 g/mol. The first-order valence-corrected chi connectivity index (χ1v) is 10.3. The van der Waals surface area contributed by atoms with Gasteiger partial charge >= 0.3 is 6.03 Å². The van der Waals surface area contributed by atoms with Crippen molar-refractivity contribution in [1.29, 1.82) is 0 Å². The molecule has 0 bridgehead atoms. The number of pyridine rings is 1. The molecule has 1 atom stereocenters. The van der Waals surface area contributed by atoms with E-state index in [0.717, 1.165) is 16.3 Å². The second-order valence-electron chi connectivity index (χ2n) is 6.41. The van der Waals surface area contributed by atoms with Crippen LogP contribution in [-0.4, -0.2) is 35.4 Å². The summed E-state index contributed by atoms with van der Waals surface area (Å²) in [4.78, 5) is 16.4. The summed E-state index contributed by atoms with van der Waals surface area (Å²) in [5, 5.41) is 16.2. The molecule has 0 spiro atoms. The van der Waals surface area contributed by atoms with Gasteiger partial charge in [0, 0.05) is 30.2 Å². The molecule has 0 radical (unpaired) electrons. The summed E-state index contributed by atoms with van der Waals surface area (Å²) in [6.45, 7) is -0.0691. The number of aliphatic hydroxyl groups excluding tert-OH is 1. The Hall–Kier alpha value is -3.10. The normalized spacial score (nSPS) is 11.5. The highest BCUT2D eigenvalue weighted by Crippen LogP contribution is 2.22. The molecular weight excluding hydrogens is 405 g/mol. The number of thioether (sulfide) groups is 1.